The lowest BCUT2D eigenvalue weighted by Crippen LogP contribution is -2.18. The first-order valence-electron chi connectivity index (χ1n) is 8.98. The molecule has 1 unspecified atom stereocenters. The van der Waals surface area contributed by atoms with Crippen molar-refractivity contribution >= 4 is 17.6 Å². The molecule has 0 spiro atoms. The summed E-state index contributed by atoms with van der Waals surface area (Å²) in [6.07, 6.45) is 1.78. The van der Waals surface area contributed by atoms with Gasteiger partial charge in [-0.15, -0.1) is 0 Å². The van der Waals surface area contributed by atoms with Crippen LogP contribution in [0.3, 0.4) is 0 Å². The predicted molar refractivity (Wildman–Crippen MR) is 99.9 cm³/mol. The summed E-state index contributed by atoms with van der Waals surface area (Å²) < 4.78 is 20.9. The van der Waals surface area contributed by atoms with Crippen molar-refractivity contribution < 1.29 is 33.5 Å². The van der Waals surface area contributed by atoms with Gasteiger partial charge in [-0.2, -0.15) is 0 Å². The molecule has 0 amide bonds. The van der Waals surface area contributed by atoms with Crippen LogP contribution < -0.4 is 9.47 Å². The second-order valence-corrected chi connectivity index (χ2v) is 6.25. The smallest absolute Gasteiger partial charge is 0.349 e. The molecule has 1 aliphatic heterocycles. The highest BCUT2D eigenvalue weighted by Gasteiger charge is 2.19. The van der Waals surface area contributed by atoms with Crippen LogP contribution in [0.4, 0.5) is 5.69 Å². The number of carbonyl (C=O) groups excluding carboxylic acids is 2. The van der Waals surface area contributed by atoms with Gasteiger partial charge in [-0.25, -0.2) is 9.59 Å². The van der Waals surface area contributed by atoms with E-state index in [2.05, 4.69) is 0 Å². The molecule has 2 aromatic rings. The van der Waals surface area contributed by atoms with Gasteiger partial charge in [-0.05, 0) is 43.2 Å². The van der Waals surface area contributed by atoms with Gasteiger partial charge in [0.05, 0.1) is 16.6 Å². The molecule has 9 nitrogen and oxygen atoms in total. The van der Waals surface area contributed by atoms with Crippen LogP contribution in [-0.4, -0.2) is 42.8 Å². The van der Waals surface area contributed by atoms with Crippen molar-refractivity contribution in [1.82, 2.24) is 0 Å². The third-order valence-corrected chi connectivity index (χ3v) is 4.15. The van der Waals surface area contributed by atoms with Crippen molar-refractivity contribution in [2.75, 3.05) is 19.8 Å². The number of para-hydroxylation sites is 2. The molecule has 0 aliphatic carbocycles. The first-order chi connectivity index (χ1) is 14.0. The number of hydrogen-bond donors (Lipinski definition) is 0. The quantitative estimate of drug-likeness (QED) is 0.287. The summed E-state index contributed by atoms with van der Waals surface area (Å²) >= 11 is 0. The van der Waals surface area contributed by atoms with Crippen LogP contribution in [0.1, 0.15) is 23.2 Å². The van der Waals surface area contributed by atoms with E-state index >= 15 is 0 Å². The third kappa shape index (κ3) is 5.76. The van der Waals surface area contributed by atoms with E-state index in [-0.39, 0.29) is 29.9 Å². The Morgan fingerprint density at radius 2 is 1.90 bits per heavy atom. The molecule has 0 saturated carbocycles. The van der Waals surface area contributed by atoms with Gasteiger partial charge in [0.2, 0.25) is 0 Å². The van der Waals surface area contributed by atoms with E-state index in [0.29, 0.717) is 12.2 Å². The van der Waals surface area contributed by atoms with Crippen molar-refractivity contribution in [2.24, 2.45) is 0 Å². The Hall–Kier alpha value is -3.46. The Morgan fingerprint density at radius 1 is 1.14 bits per heavy atom. The first-order valence-corrected chi connectivity index (χ1v) is 8.98. The molecule has 29 heavy (non-hydrogen) atoms. The monoisotopic (exact) mass is 401 g/mol. The highest BCUT2D eigenvalue weighted by Crippen LogP contribution is 2.25. The minimum absolute atomic E-state index is 0.0289. The van der Waals surface area contributed by atoms with Gasteiger partial charge in [0, 0.05) is 12.7 Å². The van der Waals surface area contributed by atoms with Crippen LogP contribution in [0.5, 0.6) is 11.5 Å². The fraction of sp³-hybridized carbons (Fsp3) is 0.300. The average molecular weight is 401 g/mol. The van der Waals surface area contributed by atoms with E-state index in [4.69, 9.17) is 18.9 Å². The summed E-state index contributed by atoms with van der Waals surface area (Å²) in [6.45, 7) is 0.387. The molecule has 0 bridgehead atoms. The summed E-state index contributed by atoms with van der Waals surface area (Å²) in [5, 5.41) is 10.9. The zero-order chi connectivity index (χ0) is 20.6. The van der Waals surface area contributed by atoms with Crippen LogP contribution >= 0.6 is 0 Å². The Balaban J connectivity index is 1.48. The maximum absolute atomic E-state index is 12.0. The van der Waals surface area contributed by atoms with Crippen molar-refractivity contribution in [3.05, 3.63) is 64.2 Å². The summed E-state index contributed by atoms with van der Waals surface area (Å²) in [5.41, 5.74) is 0.0742. The highest BCUT2D eigenvalue weighted by molar-refractivity contribution is 5.89. The number of esters is 2. The zero-order valence-electron chi connectivity index (χ0n) is 15.4. The van der Waals surface area contributed by atoms with Crippen molar-refractivity contribution in [2.45, 2.75) is 18.9 Å². The predicted octanol–water partition coefficient (Wildman–Crippen LogP) is 2.92. The standard InChI is InChI=1S/C20H19NO8/c22-19(13-27-18-6-2-1-5-17(18)21(24)25)29-15-9-7-14(8-10-15)20(23)28-12-16-4-3-11-26-16/h1-2,5-10,16H,3-4,11-13H2. The largest absolute Gasteiger partial charge is 0.475 e. The molecule has 3 rings (SSSR count). The fourth-order valence-corrected chi connectivity index (χ4v) is 2.71. The Kier molecular flexibility index (Phi) is 6.75. The fourth-order valence-electron chi connectivity index (χ4n) is 2.71. The van der Waals surface area contributed by atoms with Gasteiger partial charge in [0.1, 0.15) is 12.4 Å². The van der Waals surface area contributed by atoms with E-state index in [1.165, 1.54) is 42.5 Å². The number of ether oxygens (including phenoxy) is 4. The number of benzene rings is 2. The molecule has 1 heterocycles. The normalized spacial score (nSPS) is 15.5. The maximum atomic E-state index is 12.0. The molecule has 0 N–H and O–H groups in total. The second kappa shape index (κ2) is 9.65. The van der Waals surface area contributed by atoms with Gasteiger partial charge in [-0.1, -0.05) is 12.1 Å². The Morgan fingerprint density at radius 3 is 2.59 bits per heavy atom. The van der Waals surface area contributed by atoms with Crippen molar-refractivity contribution in [1.29, 1.82) is 0 Å². The molecular weight excluding hydrogens is 382 g/mol. The molecule has 0 aromatic heterocycles. The summed E-state index contributed by atoms with van der Waals surface area (Å²) in [6, 6.07) is 11.6. The summed E-state index contributed by atoms with van der Waals surface area (Å²) in [7, 11) is 0. The van der Waals surface area contributed by atoms with Gasteiger partial charge < -0.3 is 18.9 Å². The minimum atomic E-state index is -0.739. The molecule has 2 aromatic carbocycles. The molecule has 9 heteroatoms. The topological polar surface area (TPSA) is 114 Å². The van der Waals surface area contributed by atoms with Crippen LogP contribution in [-0.2, 0) is 14.3 Å². The molecule has 1 fully saturated rings. The molecule has 1 aliphatic rings. The lowest BCUT2D eigenvalue weighted by Gasteiger charge is -2.10. The molecule has 1 atom stereocenters. The summed E-state index contributed by atoms with van der Waals surface area (Å²) in [5.74, 6) is -1.05. The second-order valence-electron chi connectivity index (χ2n) is 6.25. The Bertz CT molecular complexity index is 874. The van der Waals surface area contributed by atoms with E-state index < -0.39 is 23.5 Å². The summed E-state index contributed by atoms with van der Waals surface area (Å²) in [4.78, 5) is 34.3. The van der Waals surface area contributed by atoms with E-state index in [9.17, 15) is 19.7 Å². The molecule has 1 saturated heterocycles. The van der Waals surface area contributed by atoms with Gasteiger partial charge >= 0.3 is 17.6 Å². The van der Waals surface area contributed by atoms with Crippen LogP contribution in [0.25, 0.3) is 0 Å². The highest BCUT2D eigenvalue weighted by atomic mass is 16.6. The number of carbonyl (C=O) groups is 2. The number of nitrogens with zero attached hydrogens (tertiary/aromatic N) is 1. The minimum Gasteiger partial charge on any atom is -0.475 e. The van der Waals surface area contributed by atoms with Gasteiger partial charge in [0.15, 0.2) is 12.4 Å². The van der Waals surface area contributed by atoms with Crippen LogP contribution in [0.15, 0.2) is 48.5 Å². The van der Waals surface area contributed by atoms with Gasteiger partial charge in [-0.3, -0.25) is 10.1 Å². The Labute approximate surface area is 166 Å². The number of rotatable bonds is 8. The van der Waals surface area contributed by atoms with Crippen molar-refractivity contribution in [3.8, 4) is 11.5 Å². The number of hydrogen-bond acceptors (Lipinski definition) is 8. The molecule has 152 valence electrons. The van der Waals surface area contributed by atoms with E-state index in [0.717, 1.165) is 12.8 Å². The van der Waals surface area contributed by atoms with Crippen molar-refractivity contribution in [3.63, 3.8) is 0 Å². The average Bonchev–Trinajstić information content (AvgIpc) is 3.25. The van der Waals surface area contributed by atoms with E-state index in [1.54, 1.807) is 6.07 Å². The lowest BCUT2D eigenvalue weighted by atomic mass is 10.2. The van der Waals surface area contributed by atoms with Crippen LogP contribution in [0.2, 0.25) is 0 Å². The molecular formula is C20H19NO8. The van der Waals surface area contributed by atoms with Gasteiger partial charge in [0.25, 0.3) is 0 Å². The SMILES string of the molecule is O=C(COc1ccccc1[N+](=O)[O-])Oc1ccc(C(=O)OCC2CCCO2)cc1. The first kappa shape index (κ1) is 20.3. The zero-order valence-corrected chi connectivity index (χ0v) is 15.4. The third-order valence-electron chi connectivity index (χ3n) is 4.15. The van der Waals surface area contributed by atoms with E-state index in [1.807, 2.05) is 0 Å². The maximum Gasteiger partial charge on any atom is 0.349 e. The number of nitro groups is 1. The molecule has 0 radical (unpaired) electrons. The number of nitro benzene ring substituents is 1. The van der Waals surface area contributed by atoms with Crippen LogP contribution in [0, 0.1) is 10.1 Å². The lowest BCUT2D eigenvalue weighted by molar-refractivity contribution is -0.385.